The van der Waals surface area contributed by atoms with Crippen molar-refractivity contribution in [2.75, 3.05) is 24.7 Å². The Bertz CT molecular complexity index is 577. The normalized spacial score (nSPS) is 26.6. The number of halogens is 1. The Morgan fingerprint density at radius 2 is 1.83 bits per heavy atom. The summed E-state index contributed by atoms with van der Waals surface area (Å²) in [5.74, 6) is -0.292. The van der Waals surface area contributed by atoms with Crippen molar-refractivity contribution < 1.29 is 18.4 Å². The van der Waals surface area contributed by atoms with Crippen molar-refractivity contribution >= 4 is 18.3 Å². The first-order valence-corrected chi connectivity index (χ1v) is 8.21. The number of morpholine rings is 1. The van der Waals surface area contributed by atoms with Gasteiger partial charge in [0.05, 0.1) is 24.4 Å². The second-order valence-electron chi connectivity index (χ2n) is 7.41. The fourth-order valence-electron chi connectivity index (χ4n) is 2.97. The van der Waals surface area contributed by atoms with Crippen LogP contribution in [0.1, 0.15) is 34.6 Å². The summed E-state index contributed by atoms with van der Waals surface area (Å²) in [6, 6.07) is 5.52. The fourth-order valence-corrected chi connectivity index (χ4v) is 2.97. The number of nitrogens with zero attached hydrogens (tertiary/aromatic N) is 1. The van der Waals surface area contributed by atoms with Gasteiger partial charge in [-0.3, -0.25) is 0 Å². The molecule has 1 atom stereocenters. The van der Waals surface area contributed by atoms with Gasteiger partial charge in [-0.05, 0) is 46.8 Å². The molecule has 23 heavy (non-hydrogen) atoms. The SMILES string of the molecule is CC1COCCN1c1ccc(B2OC(C)(C)C(C)(C)O2)c(F)c1. The third kappa shape index (κ3) is 3.00. The van der Waals surface area contributed by atoms with Gasteiger partial charge < -0.3 is 18.9 Å². The summed E-state index contributed by atoms with van der Waals surface area (Å²) in [7, 11) is -0.670. The van der Waals surface area contributed by atoms with Crippen LogP contribution in [0.5, 0.6) is 0 Å². The van der Waals surface area contributed by atoms with Crippen LogP contribution in [-0.2, 0) is 14.0 Å². The summed E-state index contributed by atoms with van der Waals surface area (Å²) in [5, 5.41) is 0. The molecule has 0 aromatic heterocycles. The van der Waals surface area contributed by atoms with E-state index >= 15 is 0 Å². The van der Waals surface area contributed by atoms with Gasteiger partial charge in [-0.2, -0.15) is 0 Å². The standard InChI is InChI=1S/C17H25BFNO3/c1-12-11-21-9-8-20(12)13-6-7-14(15(19)10-13)18-22-16(2,3)17(4,5)23-18/h6-7,10,12H,8-9,11H2,1-5H3. The van der Waals surface area contributed by atoms with Crippen LogP contribution in [-0.4, -0.2) is 44.1 Å². The Kier molecular flexibility index (Phi) is 4.19. The summed E-state index contributed by atoms with van der Waals surface area (Å²) in [5.41, 5.74) is 0.384. The quantitative estimate of drug-likeness (QED) is 0.783. The number of rotatable bonds is 2. The van der Waals surface area contributed by atoms with E-state index < -0.39 is 18.3 Å². The number of hydrogen-bond acceptors (Lipinski definition) is 4. The van der Waals surface area contributed by atoms with E-state index in [0.29, 0.717) is 18.7 Å². The Balaban J connectivity index is 1.83. The first kappa shape index (κ1) is 16.7. The molecule has 0 spiro atoms. The average Bonchev–Trinajstić information content (AvgIpc) is 2.67. The summed E-state index contributed by atoms with van der Waals surface area (Å²) in [6.07, 6.45) is 0. The smallest absolute Gasteiger partial charge is 0.399 e. The largest absolute Gasteiger partial charge is 0.497 e. The molecule has 1 aromatic carbocycles. The zero-order valence-electron chi connectivity index (χ0n) is 14.6. The maximum absolute atomic E-state index is 14.7. The van der Waals surface area contributed by atoms with E-state index in [1.165, 1.54) is 0 Å². The molecule has 0 saturated carbocycles. The monoisotopic (exact) mass is 321 g/mol. The zero-order chi connectivity index (χ0) is 16.8. The molecule has 3 rings (SSSR count). The molecular weight excluding hydrogens is 296 g/mol. The van der Waals surface area contributed by atoms with Crippen LogP contribution in [0, 0.1) is 5.82 Å². The number of hydrogen-bond donors (Lipinski definition) is 0. The molecule has 2 saturated heterocycles. The molecule has 4 nitrogen and oxygen atoms in total. The Morgan fingerprint density at radius 3 is 2.39 bits per heavy atom. The molecule has 0 radical (unpaired) electrons. The minimum absolute atomic E-state index is 0.242. The maximum Gasteiger partial charge on any atom is 0.497 e. The van der Waals surface area contributed by atoms with Crippen LogP contribution in [0.2, 0.25) is 0 Å². The highest BCUT2D eigenvalue weighted by atomic mass is 19.1. The molecule has 2 fully saturated rings. The summed E-state index contributed by atoms with van der Waals surface area (Å²) in [4.78, 5) is 2.17. The maximum atomic E-state index is 14.7. The van der Waals surface area contributed by atoms with Crippen LogP contribution in [0.4, 0.5) is 10.1 Å². The second-order valence-corrected chi connectivity index (χ2v) is 7.41. The molecule has 0 amide bonds. The minimum Gasteiger partial charge on any atom is -0.399 e. The molecule has 2 heterocycles. The van der Waals surface area contributed by atoms with Gasteiger partial charge in [0.2, 0.25) is 0 Å². The highest BCUT2D eigenvalue weighted by molar-refractivity contribution is 6.62. The molecule has 6 heteroatoms. The van der Waals surface area contributed by atoms with E-state index in [-0.39, 0.29) is 11.9 Å². The van der Waals surface area contributed by atoms with Crippen molar-refractivity contribution in [2.24, 2.45) is 0 Å². The Hall–Kier alpha value is -1.11. The number of anilines is 1. The van der Waals surface area contributed by atoms with E-state index in [0.717, 1.165) is 12.2 Å². The minimum atomic E-state index is -0.670. The highest BCUT2D eigenvalue weighted by Gasteiger charge is 2.52. The molecule has 1 aromatic rings. The topological polar surface area (TPSA) is 30.9 Å². The van der Waals surface area contributed by atoms with Gasteiger partial charge in [0.25, 0.3) is 0 Å². The molecule has 2 aliphatic rings. The lowest BCUT2D eigenvalue weighted by molar-refractivity contribution is 0.00578. The van der Waals surface area contributed by atoms with E-state index in [1.54, 1.807) is 12.1 Å². The highest BCUT2D eigenvalue weighted by Crippen LogP contribution is 2.36. The first-order chi connectivity index (χ1) is 10.7. The van der Waals surface area contributed by atoms with Crippen LogP contribution in [0.3, 0.4) is 0 Å². The number of ether oxygens (including phenoxy) is 1. The van der Waals surface area contributed by atoms with Gasteiger partial charge in [-0.25, -0.2) is 4.39 Å². The van der Waals surface area contributed by atoms with Crippen LogP contribution >= 0.6 is 0 Å². The van der Waals surface area contributed by atoms with Gasteiger partial charge in [-0.1, -0.05) is 6.07 Å². The molecule has 1 unspecified atom stereocenters. The fraction of sp³-hybridized carbons (Fsp3) is 0.647. The van der Waals surface area contributed by atoms with Crippen molar-refractivity contribution in [3.8, 4) is 0 Å². The van der Waals surface area contributed by atoms with Crippen LogP contribution in [0.25, 0.3) is 0 Å². The lowest BCUT2D eigenvalue weighted by atomic mass is 9.78. The molecule has 0 N–H and O–H groups in total. The summed E-state index contributed by atoms with van der Waals surface area (Å²) in [6.45, 7) is 12.1. The van der Waals surface area contributed by atoms with E-state index in [2.05, 4.69) is 11.8 Å². The van der Waals surface area contributed by atoms with Crippen molar-refractivity contribution in [1.82, 2.24) is 0 Å². The summed E-state index contributed by atoms with van der Waals surface area (Å²) >= 11 is 0. The third-order valence-corrected chi connectivity index (χ3v) is 5.19. The van der Waals surface area contributed by atoms with Gasteiger partial charge in [0, 0.05) is 23.7 Å². The zero-order valence-corrected chi connectivity index (χ0v) is 14.6. The Labute approximate surface area is 138 Å². The van der Waals surface area contributed by atoms with Crippen LogP contribution < -0.4 is 10.4 Å². The van der Waals surface area contributed by atoms with Gasteiger partial charge in [0.15, 0.2) is 0 Å². The van der Waals surface area contributed by atoms with Crippen molar-refractivity contribution in [2.45, 2.75) is 51.9 Å². The van der Waals surface area contributed by atoms with Gasteiger partial charge in [-0.15, -0.1) is 0 Å². The van der Waals surface area contributed by atoms with Crippen molar-refractivity contribution in [1.29, 1.82) is 0 Å². The summed E-state index contributed by atoms with van der Waals surface area (Å²) < 4.78 is 32.0. The lowest BCUT2D eigenvalue weighted by Crippen LogP contribution is -2.44. The average molecular weight is 321 g/mol. The van der Waals surface area contributed by atoms with E-state index in [4.69, 9.17) is 14.0 Å². The molecular formula is C17H25BFNO3. The van der Waals surface area contributed by atoms with E-state index in [9.17, 15) is 4.39 Å². The predicted octanol–water partition coefficient (Wildman–Crippen LogP) is 2.35. The molecule has 126 valence electrons. The first-order valence-electron chi connectivity index (χ1n) is 8.21. The molecule has 0 bridgehead atoms. The lowest BCUT2D eigenvalue weighted by Gasteiger charge is -2.35. The second kappa shape index (κ2) is 5.76. The van der Waals surface area contributed by atoms with E-state index in [1.807, 2.05) is 33.8 Å². The predicted molar refractivity (Wildman–Crippen MR) is 89.7 cm³/mol. The Morgan fingerprint density at radius 1 is 1.17 bits per heavy atom. The van der Waals surface area contributed by atoms with Crippen molar-refractivity contribution in [3.05, 3.63) is 24.0 Å². The van der Waals surface area contributed by atoms with Gasteiger partial charge in [0.1, 0.15) is 5.82 Å². The third-order valence-electron chi connectivity index (χ3n) is 5.19. The number of benzene rings is 1. The molecule has 0 aliphatic carbocycles. The van der Waals surface area contributed by atoms with Crippen molar-refractivity contribution in [3.63, 3.8) is 0 Å². The van der Waals surface area contributed by atoms with Crippen LogP contribution in [0.15, 0.2) is 18.2 Å². The van der Waals surface area contributed by atoms with Gasteiger partial charge >= 0.3 is 7.12 Å². The molecule has 2 aliphatic heterocycles.